The lowest BCUT2D eigenvalue weighted by Crippen LogP contribution is -2.21. The van der Waals surface area contributed by atoms with Gasteiger partial charge in [0, 0.05) is 31.9 Å². The molecule has 0 aliphatic heterocycles. The van der Waals surface area contributed by atoms with E-state index in [0.717, 1.165) is 23.4 Å². The predicted octanol–water partition coefficient (Wildman–Crippen LogP) is 1.55. The molecule has 1 aromatic carbocycles. The maximum absolute atomic E-state index is 9.47. The molecule has 0 spiro atoms. The second kappa shape index (κ2) is 8.19. The first-order valence-electron chi connectivity index (χ1n) is 7.25. The fraction of sp³-hybridized carbons (Fsp3) is 0.375. The van der Waals surface area contributed by atoms with Gasteiger partial charge in [0.25, 0.3) is 5.62 Å². The van der Waals surface area contributed by atoms with E-state index in [1.165, 1.54) is 11.8 Å². The first kappa shape index (κ1) is 16.0. The van der Waals surface area contributed by atoms with Crippen LogP contribution in [0.4, 0.5) is 0 Å². The van der Waals surface area contributed by atoms with Gasteiger partial charge in [0.1, 0.15) is 5.75 Å². The summed E-state index contributed by atoms with van der Waals surface area (Å²) in [6, 6.07) is 9.74. The van der Waals surface area contributed by atoms with Gasteiger partial charge in [-0.2, -0.15) is 4.73 Å². The van der Waals surface area contributed by atoms with Crippen molar-refractivity contribution in [1.82, 2.24) is 14.6 Å². The van der Waals surface area contributed by atoms with Crippen LogP contribution >= 0.6 is 0 Å². The lowest BCUT2D eigenvalue weighted by atomic mass is 10.2. The van der Waals surface area contributed by atoms with Crippen LogP contribution in [0.25, 0.3) is 0 Å². The third-order valence-corrected chi connectivity index (χ3v) is 2.93. The Morgan fingerprint density at radius 1 is 1.32 bits per heavy atom. The highest BCUT2D eigenvalue weighted by Gasteiger charge is 1.98. The molecule has 0 aliphatic rings. The summed E-state index contributed by atoms with van der Waals surface area (Å²) in [6.45, 7) is 2.02. The van der Waals surface area contributed by atoms with E-state index in [4.69, 9.17) is 4.74 Å². The molecule has 0 atom stereocenters. The molecule has 1 heterocycles. The molecule has 0 fully saturated rings. The van der Waals surface area contributed by atoms with Crippen LogP contribution in [0.15, 0.2) is 47.7 Å². The van der Waals surface area contributed by atoms with Gasteiger partial charge in [0.05, 0.1) is 6.61 Å². The van der Waals surface area contributed by atoms with Crippen molar-refractivity contribution in [2.24, 2.45) is 4.99 Å². The predicted molar refractivity (Wildman–Crippen MR) is 83.8 cm³/mol. The van der Waals surface area contributed by atoms with E-state index in [2.05, 4.69) is 27.0 Å². The van der Waals surface area contributed by atoms with Gasteiger partial charge in [0.2, 0.25) is 0 Å². The average Bonchev–Trinajstić information content (AvgIpc) is 2.48. The van der Waals surface area contributed by atoms with Crippen molar-refractivity contribution < 1.29 is 9.94 Å². The summed E-state index contributed by atoms with van der Waals surface area (Å²) in [7, 11) is 4.08. The van der Waals surface area contributed by atoms with Crippen LogP contribution in [0.1, 0.15) is 12.0 Å². The van der Waals surface area contributed by atoms with E-state index in [9.17, 15) is 5.21 Å². The maximum Gasteiger partial charge on any atom is 0.258 e. The summed E-state index contributed by atoms with van der Waals surface area (Å²) >= 11 is 0. The van der Waals surface area contributed by atoms with Crippen LogP contribution in [0.2, 0.25) is 0 Å². The molecule has 0 saturated carbocycles. The Morgan fingerprint density at radius 2 is 2.18 bits per heavy atom. The van der Waals surface area contributed by atoms with E-state index in [-0.39, 0.29) is 0 Å². The Balaban J connectivity index is 1.80. The quantitative estimate of drug-likeness (QED) is 0.623. The zero-order chi connectivity index (χ0) is 15.8. The van der Waals surface area contributed by atoms with Crippen molar-refractivity contribution >= 4 is 0 Å². The molecule has 0 amide bonds. The lowest BCUT2D eigenvalue weighted by molar-refractivity contribution is 0.166. The monoisotopic (exact) mass is 302 g/mol. The molecule has 0 radical (unpaired) electrons. The van der Waals surface area contributed by atoms with Crippen molar-refractivity contribution in [3.05, 3.63) is 53.9 Å². The highest BCUT2D eigenvalue weighted by atomic mass is 16.5. The first-order chi connectivity index (χ1) is 10.6. The van der Waals surface area contributed by atoms with Gasteiger partial charge in [-0.1, -0.05) is 12.1 Å². The van der Waals surface area contributed by atoms with E-state index in [0.29, 0.717) is 18.8 Å². The number of aromatic nitrogens is 2. The van der Waals surface area contributed by atoms with Gasteiger partial charge in [-0.15, -0.1) is 0 Å². The van der Waals surface area contributed by atoms with E-state index in [1.807, 2.05) is 26.2 Å². The number of rotatable bonds is 7. The molecular formula is C16H22N4O2. The molecule has 22 heavy (non-hydrogen) atoms. The topological polar surface area (TPSA) is 62.9 Å². The molecule has 0 aliphatic carbocycles. The minimum Gasteiger partial charge on any atom is -0.494 e. The Labute approximate surface area is 130 Å². The molecule has 2 aromatic rings. The summed E-state index contributed by atoms with van der Waals surface area (Å²) < 4.78 is 6.64. The van der Waals surface area contributed by atoms with Gasteiger partial charge in [0.15, 0.2) is 0 Å². The molecule has 0 unspecified atom stereocenters. The highest BCUT2D eigenvalue weighted by Crippen LogP contribution is 2.14. The Hall–Kier alpha value is -2.34. The third kappa shape index (κ3) is 5.21. The van der Waals surface area contributed by atoms with Gasteiger partial charge in [-0.05, 0) is 37.9 Å². The summed E-state index contributed by atoms with van der Waals surface area (Å²) in [4.78, 5) is 10.3. The number of ether oxygens (including phenoxy) is 1. The fourth-order valence-electron chi connectivity index (χ4n) is 2.00. The van der Waals surface area contributed by atoms with Crippen LogP contribution in [-0.2, 0) is 6.54 Å². The van der Waals surface area contributed by atoms with Crippen LogP contribution in [0.3, 0.4) is 0 Å². The molecule has 0 saturated heterocycles. The second-order valence-corrected chi connectivity index (χ2v) is 5.23. The number of hydrogen-bond donors (Lipinski definition) is 1. The smallest absolute Gasteiger partial charge is 0.258 e. The van der Waals surface area contributed by atoms with Crippen LogP contribution in [0, 0.1) is 0 Å². The number of hydrogen-bond acceptors (Lipinski definition) is 5. The van der Waals surface area contributed by atoms with Gasteiger partial charge < -0.3 is 14.8 Å². The summed E-state index contributed by atoms with van der Waals surface area (Å²) in [5, 5.41) is 9.47. The summed E-state index contributed by atoms with van der Waals surface area (Å²) in [6.07, 6.45) is 3.85. The van der Waals surface area contributed by atoms with E-state index in [1.54, 1.807) is 12.3 Å². The van der Waals surface area contributed by atoms with Crippen molar-refractivity contribution in [2.75, 3.05) is 27.2 Å². The maximum atomic E-state index is 9.47. The summed E-state index contributed by atoms with van der Waals surface area (Å²) in [5.74, 6) is 0.870. The zero-order valence-corrected chi connectivity index (χ0v) is 13.0. The second-order valence-electron chi connectivity index (χ2n) is 5.23. The molecule has 6 heteroatoms. The van der Waals surface area contributed by atoms with Crippen molar-refractivity contribution in [1.29, 1.82) is 0 Å². The molecular weight excluding hydrogens is 280 g/mol. The zero-order valence-electron chi connectivity index (χ0n) is 13.0. The molecule has 0 bridgehead atoms. The summed E-state index contributed by atoms with van der Waals surface area (Å²) in [5.41, 5.74) is 1.53. The van der Waals surface area contributed by atoms with Crippen molar-refractivity contribution in [2.45, 2.75) is 13.0 Å². The minimum absolute atomic E-state index is 0.301. The Bertz CT molecular complexity index is 652. The molecule has 1 N–H and O–H groups in total. The van der Waals surface area contributed by atoms with E-state index < -0.39 is 0 Å². The lowest BCUT2D eigenvalue weighted by Gasteiger charge is -2.11. The minimum atomic E-state index is 0.301. The fourth-order valence-corrected chi connectivity index (χ4v) is 2.00. The van der Waals surface area contributed by atoms with Gasteiger partial charge in [-0.25, -0.2) is 9.98 Å². The third-order valence-electron chi connectivity index (χ3n) is 2.93. The van der Waals surface area contributed by atoms with Crippen molar-refractivity contribution in [3.63, 3.8) is 0 Å². The standard InChI is InChI=1S/C16H22N4O2/c1-19(2)13-14-6-3-7-15(12-14)22-11-5-9-18-16-17-8-4-10-20(16)21/h3-4,6-8,10,12,21H,5,9,11,13H2,1-2H3. The Morgan fingerprint density at radius 3 is 2.95 bits per heavy atom. The SMILES string of the molecule is CN(C)Cc1cccc(OCCCN=c2ncccn2O)c1. The van der Waals surface area contributed by atoms with Crippen LogP contribution in [-0.4, -0.2) is 47.1 Å². The first-order valence-corrected chi connectivity index (χ1v) is 7.25. The largest absolute Gasteiger partial charge is 0.494 e. The van der Waals surface area contributed by atoms with Crippen molar-refractivity contribution in [3.8, 4) is 5.75 Å². The number of benzene rings is 1. The van der Waals surface area contributed by atoms with Crippen LogP contribution < -0.4 is 10.4 Å². The molecule has 118 valence electrons. The molecule has 1 aromatic heterocycles. The normalized spacial score (nSPS) is 11.9. The van der Waals surface area contributed by atoms with Gasteiger partial charge in [-0.3, -0.25) is 0 Å². The number of nitrogens with zero attached hydrogens (tertiary/aromatic N) is 4. The molecule has 2 rings (SSSR count). The molecule has 6 nitrogen and oxygen atoms in total. The van der Waals surface area contributed by atoms with Gasteiger partial charge >= 0.3 is 0 Å². The Kier molecular flexibility index (Phi) is 5.97. The van der Waals surface area contributed by atoms with Crippen LogP contribution in [0.5, 0.6) is 5.75 Å². The highest BCUT2D eigenvalue weighted by molar-refractivity contribution is 5.28. The van der Waals surface area contributed by atoms with E-state index >= 15 is 0 Å². The average molecular weight is 302 g/mol.